The second-order valence-electron chi connectivity index (χ2n) is 8.28. The summed E-state index contributed by atoms with van der Waals surface area (Å²) in [7, 11) is 0. The summed E-state index contributed by atoms with van der Waals surface area (Å²) in [6.07, 6.45) is 1.91. The monoisotopic (exact) mass is 439 g/mol. The minimum Gasteiger partial charge on any atom is -0.352 e. The van der Waals surface area contributed by atoms with Gasteiger partial charge in [0.1, 0.15) is 11.9 Å². The molecule has 1 aliphatic heterocycles. The van der Waals surface area contributed by atoms with Crippen molar-refractivity contribution in [3.63, 3.8) is 0 Å². The van der Waals surface area contributed by atoms with Crippen LogP contribution in [-0.4, -0.2) is 47.8 Å². The largest absolute Gasteiger partial charge is 0.352 e. The number of amides is 3. The highest BCUT2D eigenvalue weighted by Crippen LogP contribution is 2.23. The maximum absolute atomic E-state index is 13.5. The summed E-state index contributed by atoms with van der Waals surface area (Å²) in [4.78, 5) is 40.2. The third kappa shape index (κ3) is 5.93. The van der Waals surface area contributed by atoms with E-state index in [-0.39, 0.29) is 29.7 Å². The number of hydrogen-bond donors (Lipinski definition) is 2. The zero-order chi connectivity index (χ0) is 23.1. The van der Waals surface area contributed by atoms with Crippen LogP contribution in [0, 0.1) is 11.7 Å². The van der Waals surface area contributed by atoms with E-state index in [1.165, 1.54) is 18.2 Å². The van der Waals surface area contributed by atoms with E-state index in [0.29, 0.717) is 37.1 Å². The number of halogens is 1. The molecule has 2 aromatic carbocycles. The van der Waals surface area contributed by atoms with Crippen LogP contribution in [0.25, 0.3) is 0 Å². The molecule has 1 fully saturated rings. The number of rotatable bonds is 7. The molecule has 0 spiro atoms. The Bertz CT molecular complexity index is 942. The minimum atomic E-state index is -0.692. The normalized spacial score (nSPS) is 16.2. The first-order valence-electron chi connectivity index (χ1n) is 11.1. The molecule has 2 N–H and O–H groups in total. The minimum absolute atomic E-state index is 0.00623. The molecule has 7 heteroatoms. The molecular formula is C25H30FN3O3. The number of carbonyl (C=O) groups excluding carboxylic acids is 3. The van der Waals surface area contributed by atoms with Crippen molar-refractivity contribution in [1.82, 2.24) is 15.5 Å². The fourth-order valence-corrected chi connectivity index (χ4v) is 3.89. The van der Waals surface area contributed by atoms with Crippen LogP contribution in [0.3, 0.4) is 0 Å². The Balaban J connectivity index is 1.69. The lowest BCUT2D eigenvalue weighted by molar-refractivity contribution is -0.125. The zero-order valence-corrected chi connectivity index (χ0v) is 18.5. The van der Waals surface area contributed by atoms with Gasteiger partial charge in [0.2, 0.25) is 5.91 Å². The summed E-state index contributed by atoms with van der Waals surface area (Å²) in [5, 5.41) is 5.89. The standard InChI is InChI=1S/C25H30FN3O3/c1-3-17(2)27-24(31)22(28-23(30)19-8-5-4-6-9-19)18-12-14-29(15-13-18)25(32)20-10-7-11-21(26)16-20/h4-11,16-18,22H,3,12-15H2,1-2H3,(H,27,31)(H,28,30)/t17-,22+/m0/s1. The van der Waals surface area contributed by atoms with E-state index in [0.717, 1.165) is 6.42 Å². The number of benzene rings is 2. The highest BCUT2D eigenvalue weighted by Gasteiger charge is 2.34. The molecule has 1 aliphatic rings. The average molecular weight is 440 g/mol. The average Bonchev–Trinajstić information content (AvgIpc) is 2.82. The smallest absolute Gasteiger partial charge is 0.253 e. The van der Waals surface area contributed by atoms with E-state index in [9.17, 15) is 18.8 Å². The van der Waals surface area contributed by atoms with Crippen molar-refractivity contribution in [2.45, 2.75) is 45.2 Å². The van der Waals surface area contributed by atoms with Gasteiger partial charge in [-0.1, -0.05) is 31.2 Å². The first-order valence-corrected chi connectivity index (χ1v) is 11.1. The van der Waals surface area contributed by atoms with Crippen LogP contribution in [-0.2, 0) is 4.79 Å². The topological polar surface area (TPSA) is 78.5 Å². The zero-order valence-electron chi connectivity index (χ0n) is 18.5. The molecule has 2 atom stereocenters. The quantitative estimate of drug-likeness (QED) is 0.694. The molecule has 1 saturated heterocycles. The fourth-order valence-electron chi connectivity index (χ4n) is 3.89. The van der Waals surface area contributed by atoms with E-state index in [1.54, 1.807) is 35.2 Å². The van der Waals surface area contributed by atoms with Crippen molar-refractivity contribution in [2.75, 3.05) is 13.1 Å². The first-order chi connectivity index (χ1) is 15.4. The Morgan fingerprint density at radius 2 is 1.66 bits per heavy atom. The number of carbonyl (C=O) groups is 3. The lowest BCUT2D eigenvalue weighted by atomic mass is 9.88. The van der Waals surface area contributed by atoms with Crippen LogP contribution in [0.5, 0.6) is 0 Å². The molecular weight excluding hydrogens is 409 g/mol. The lowest BCUT2D eigenvalue weighted by Gasteiger charge is -2.36. The number of likely N-dealkylation sites (tertiary alicyclic amines) is 1. The maximum Gasteiger partial charge on any atom is 0.253 e. The van der Waals surface area contributed by atoms with Crippen LogP contribution < -0.4 is 10.6 Å². The molecule has 0 aliphatic carbocycles. The second-order valence-corrected chi connectivity index (χ2v) is 8.28. The van der Waals surface area contributed by atoms with E-state index >= 15 is 0 Å². The van der Waals surface area contributed by atoms with Crippen LogP contribution in [0.15, 0.2) is 54.6 Å². The van der Waals surface area contributed by atoms with Gasteiger partial charge in [-0.3, -0.25) is 14.4 Å². The van der Waals surface area contributed by atoms with Gasteiger partial charge in [0.15, 0.2) is 0 Å². The Hall–Kier alpha value is -3.22. The molecule has 3 rings (SSSR count). The van der Waals surface area contributed by atoms with Gasteiger partial charge < -0.3 is 15.5 Å². The van der Waals surface area contributed by atoms with E-state index in [1.807, 2.05) is 19.9 Å². The van der Waals surface area contributed by atoms with Crippen LogP contribution in [0.1, 0.15) is 53.8 Å². The van der Waals surface area contributed by atoms with Gasteiger partial charge in [-0.25, -0.2) is 4.39 Å². The summed E-state index contributed by atoms with van der Waals surface area (Å²) in [6.45, 7) is 4.79. The molecule has 32 heavy (non-hydrogen) atoms. The van der Waals surface area contributed by atoms with Crippen LogP contribution in [0.2, 0.25) is 0 Å². The Morgan fingerprint density at radius 1 is 1.00 bits per heavy atom. The van der Waals surface area contributed by atoms with E-state index in [4.69, 9.17) is 0 Å². The molecule has 0 radical (unpaired) electrons. The molecule has 6 nitrogen and oxygen atoms in total. The highest BCUT2D eigenvalue weighted by molar-refractivity contribution is 5.97. The molecule has 170 valence electrons. The molecule has 0 bridgehead atoms. The number of nitrogens with one attached hydrogen (secondary N) is 2. The predicted molar refractivity (Wildman–Crippen MR) is 121 cm³/mol. The molecule has 3 amide bonds. The van der Waals surface area contributed by atoms with E-state index < -0.39 is 11.9 Å². The van der Waals surface area contributed by atoms with Crippen molar-refractivity contribution >= 4 is 17.7 Å². The Labute approximate surface area is 188 Å². The van der Waals surface area contributed by atoms with Crippen LogP contribution >= 0.6 is 0 Å². The number of nitrogens with zero attached hydrogens (tertiary/aromatic N) is 1. The number of piperidine rings is 1. The van der Waals surface area contributed by atoms with Gasteiger partial charge in [0.05, 0.1) is 0 Å². The van der Waals surface area contributed by atoms with Gasteiger partial charge in [-0.2, -0.15) is 0 Å². The van der Waals surface area contributed by atoms with Crippen molar-refractivity contribution in [1.29, 1.82) is 0 Å². The lowest BCUT2D eigenvalue weighted by Crippen LogP contribution is -2.55. The van der Waals surface area contributed by atoms with Crippen molar-refractivity contribution in [2.24, 2.45) is 5.92 Å². The van der Waals surface area contributed by atoms with Gasteiger partial charge >= 0.3 is 0 Å². The molecule has 0 aromatic heterocycles. The van der Waals surface area contributed by atoms with Gasteiger partial charge in [0.25, 0.3) is 11.8 Å². The molecule has 2 aromatic rings. The molecule has 1 heterocycles. The fraction of sp³-hybridized carbons (Fsp3) is 0.400. The first kappa shape index (κ1) is 23.4. The summed E-state index contributed by atoms with van der Waals surface area (Å²) < 4.78 is 13.5. The molecule has 0 unspecified atom stereocenters. The number of hydrogen-bond acceptors (Lipinski definition) is 3. The van der Waals surface area contributed by atoms with Crippen LogP contribution in [0.4, 0.5) is 4.39 Å². The predicted octanol–water partition coefficient (Wildman–Crippen LogP) is 3.39. The maximum atomic E-state index is 13.5. The highest BCUT2D eigenvalue weighted by atomic mass is 19.1. The Kier molecular flexibility index (Phi) is 7.98. The van der Waals surface area contributed by atoms with Crippen molar-refractivity contribution in [3.05, 3.63) is 71.5 Å². The SMILES string of the molecule is CC[C@H](C)NC(=O)[C@H](NC(=O)c1ccccc1)C1CCN(C(=O)c2cccc(F)c2)CC1. The Morgan fingerprint density at radius 3 is 2.28 bits per heavy atom. The van der Waals surface area contributed by atoms with Crippen molar-refractivity contribution in [3.8, 4) is 0 Å². The summed E-state index contributed by atoms with van der Waals surface area (Å²) >= 11 is 0. The summed E-state index contributed by atoms with van der Waals surface area (Å²) in [5.74, 6) is -1.29. The molecule has 0 saturated carbocycles. The van der Waals surface area contributed by atoms with Gasteiger partial charge in [-0.05, 0) is 62.4 Å². The van der Waals surface area contributed by atoms with Gasteiger partial charge in [-0.15, -0.1) is 0 Å². The van der Waals surface area contributed by atoms with Crippen molar-refractivity contribution < 1.29 is 18.8 Å². The third-order valence-corrected chi connectivity index (χ3v) is 5.98. The third-order valence-electron chi connectivity index (χ3n) is 5.98. The van der Waals surface area contributed by atoms with Gasteiger partial charge in [0, 0.05) is 30.3 Å². The van der Waals surface area contributed by atoms with E-state index in [2.05, 4.69) is 10.6 Å². The summed E-state index contributed by atoms with van der Waals surface area (Å²) in [6, 6.07) is 13.8. The summed E-state index contributed by atoms with van der Waals surface area (Å²) in [5.41, 5.74) is 0.805. The second kappa shape index (κ2) is 10.9.